The van der Waals surface area contributed by atoms with Crippen molar-refractivity contribution < 1.29 is 37.0 Å². The average Bonchev–Trinajstić information content (AvgIpc) is 3.18. The van der Waals surface area contributed by atoms with Gasteiger partial charge in [-0.3, -0.25) is 0 Å². The van der Waals surface area contributed by atoms with Gasteiger partial charge in [0.2, 0.25) is 0 Å². The highest BCUT2D eigenvalue weighted by Crippen LogP contribution is 2.39. The molecule has 0 radical (unpaired) electrons. The first kappa shape index (κ1) is 21.9. The second kappa shape index (κ2) is 8.50. The quantitative estimate of drug-likeness (QED) is 0.562. The van der Waals surface area contributed by atoms with Gasteiger partial charge in [-0.25, -0.2) is 14.3 Å². The molecule has 0 unspecified atom stereocenters. The van der Waals surface area contributed by atoms with E-state index < -0.39 is 23.7 Å². The van der Waals surface area contributed by atoms with E-state index in [0.29, 0.717) is 5.69 Å². The Kier molecular flexibility index (Phi) is 6.00. The largest absolute Gasteiger partial charge is 0.496 e. The van der Waals surface area contributed by atoms with Crippen molar-refractivity contribution >= 4 is 11.9 Å². The molecule has 31 heavy (non-hydrogen) atoms. The zero-order valence-corrected chi connectivity index (χ0v) is 16.7. The molecule has 0 spiro atoms. The highest BCUT2D eigenvalue weighted by atomic mass is 19.4. The number of carbonyl (C=O) groups excluding carboxylic acids is 2. The van der Waals surface area contributed by atoms with Crippen LogP contribution in [0.15, 0.2) is 48.5 Å². The van der Waals surface area contributed by atoms with Gasteiger partial charge in [0.15, 0.2) is 5.69 Å². The van der Waals surface area contributed by atoms with Gasteiger partial charge in [-0.1, -0.05) is 18.2 Å². The van der Waals surface area contributed by atoms with E-state index in [1.54, 1.807) is 30.3 Å². The number of aromatic nitrogens is 2. The minimum Gasteiger partial charge on any atom is -0.496 e. The van der Waals surface area contributed by atoms with E-state index in [0.717, 1.165) is 37.1 Å². The van der Waals surface area contributed by atoms with E-state index in [1.165, 1.54) is 7.11 Å². The molecule has 0 N–H and O–H groups in total. The highest BCUT2D eigenvalue weighted by Gasteiger charge is 2.35. The third-order valence-electron chi connectivity index (χ3n) is 4.44. The molecule has 1 heterocycles. The van der Waals surface area contributed by atoms with Crippen LogP contribution < -0.4 is 4.74 Å². The first-order chi connectivity index (χ1) is 14.7. The summed E-state index contributed by atoms with van der Waals surface area (Å²) in [6.07, 6.45) is -4.65. The van der Waals surface area contributed by atoms with E-state index in [-0.39, 0.29) is 28.3 Å². The molecular formula is C21H17F3N2O5. The lowest BCUT2D eigenvalue weighted by Crippen LogP contribution is -2.15. The average molecular weight is 434 g/mol. The van der Waals surface area contributed by atoms with Crippen LogP contribution in [0.1, 0.15) is 26.4 Å². The molecule has 0 bridgehead atoms. The smallest absolute Gasteiger partial charge is 0.416 e. The van der Waals surface area contributed by atoms with Gasteiger partial charge in [-0.2, -0.15) is 18.3 Å². The topological polar surface area (TPSA) is 79.7 Å². The predicted molar refractivity (Wildman–Crippen MR) is 103 cm³/mol. The van der Waals surface area contributed by atoms with Crippen molar-refractivity contribution in [2.75, 3.05) is 21.3 Å². The Labute approximate surface area is 175 Å². The monoisotopic (exact) mass is 434 g/mol. The number of carbonyl (C=O) groups is 2. The molecule has 1 aromatic heterocycles. The molecule has 0 atom stereocenters. The molecule has 0 fully saturated rings. The van der Waals surface area contributed by atoms with Crippen LogP contribution in [0, 0.1) is 0 Å². The number of hydrogen-bond acceptors (Lipinski definition) is 6. The molecule has 0 saturated carbocycles. The SMILES string of the molecule is COC(=O)c1c(-c2cc(C(F)(F)F)ccc2OC)nn(-c2ccccc2)c1C(=O)OC. The maximum Gasteiger partial charge on any atom is 0.416 e. The Morgan fingerprint density at radius 3 is 2.13 bits per heavy atom. The summed E-state index contributed by atoms with van der Waals surface area (Å²) in [5.41, 5.74) is -1.61. The number of halogens is 3. The number of benzene rings is 2. The fourth-order valence-electron chi connectivity index (χ4n) is 3.01. The van der Waals surface area contributed by atoms with Crippen LogP contribution in [-0.4, -0.2) is 43.0 Å². The molecule has 0 amide bonds. The molecule has 7 nitrogen and oxygen atoms in total. The van der Waals surface area contributed by atoms with Gasteiger partial charge in [0.05, 0.1) is 32.6 Å². The second-order valence-electron chi connectivity index (χ2n) is 6.22. The van der Waals surface area contributed by atoms with E-state index in [4.69, 9.17) is 14.2 Å². The van der Waals surface area contributed by atoms with Crippen LogP contribution in [0.2, 0.25) is 0 Å². The molecule has 0 saturated heterocycles. The number of hydrogen-bond donors (Lipinski definition) is 0. The van der Waals surface area contributed by atoms with Crippen molar-refractivity contribution in [3.63, 3.8) is 0 Å². The fourth-order valence-corrected chi connectivity index (χ4v) is 3.01. The van der Waals surface area contributed by atoms with Gasteiger partial charge in [0, 0.05) is 5.56 Å². The highest BCUT2D eigenvalue weighted by molar-refractivity contribution is 6.07. The van der Waals surface area contributed by atoms with Gasteiger partial charge in [0.1, 0.15) is 17.0 Å². The standard InChI is InChI=1S/C21H17F3N2O5/c1-29-15-10-9-12(21(22,23)24)11-14(15)17-16(19(27)30-2)18(20(28)31-3)26(25-17)13-7-5-4-6-8-13/h4-11H,1-3H3. The molecule has 0 aliphatic carbocycles. The minimum absolute atomic E-state index is 0.0206. The van der Waals surface area contributed by atoms with Crippen molar-refractivity contribution in [3.05, 3.63) is 65.4 Å². The van der Waals surface area contributed by atoms with Gasteiger partial charge >= 0.3 is 18.1 Å². The zero-order chi connectivity index (χ0) is 22.8. The van der Waals surface area contributed by atoms with Gasteiger partial charge in [-0.05, 0) is 30.3 Å². The van der Waals surface area contributed by atoms with Crippen molar-refractivity contribution in [3.8, 4) is 22.7 Å². The van der Waals surface area contributed by atoms with E-state index in [2.05, 4.69) is 5.10 Å². The molecular weight excluding hydrogens is 417 g/mol. The Bertz CT molecular complexity index is 1120. The number of nitrogens with zero attached hydrogens (tertiary/aromatic N) is 2. The van der Waals surface area contributed by atoms with Crippen molar-refractivity contribution in [1.82, 2.24) is 9.78 Å². The molecule has 0 aliphatic heterocycles. The van der Waals surface area contributed by atoms with E-state index >= 15 is 0 Å². The third-order valence-corrected chi connectivity index (χ3v) is 4.44. The van der Waals surface area contributed by atoms with Crippen LogP contribution in [0.4, 0.5) is 13.2 Å². The summed E-state index contributed by atoms with van der Waals surface area (Å²) in [7, 11) is 3.45. The normalized spacial score (nSPS) is 11.2. The maximum atomic E-state index is 13.3. The van der Waals surface area contributed by atoms with Crippen molar-refractivity contribution in [2.24, 2.45) is 0 Å². The van der Waals surface area contributed by atoms with Crippen LogP contribution in [0.5, 0.6) is 5.75 Å². The number of alkyl halides is 3. The van der Waals surface area contributed by atoms with E-state index in [1.807, 2.05) is 0 Å². The van der Waals surface area contributed by atoms with Crippen LogP contribution in [0.3, 0.4) is 0 Å². The van der Waals surface area contributed by atoms with Gasteiger partial charge < -0.3 is 14.2 Å². The van der Waals surface area contributed by atoms with E-state index in [9.17, 15) is 22.8 Å². The summed E-state index contributed by atoms with van der Waals surface area (Å²) in [6, 6.07) is 11.0. The lowest BCUT2D eigenvalue weighted by Gasteiger charge is -2.12. The molecule has 2 aromatic carbocycles. The Hall–Kier alpha value is -3.82. The minimum atomic E-state index is -4.65. The first-order valence-corrected chi connectivity index (χ1v) is 8.83. The summed E-state index contributed by atoms with van der Waals surface area (Å²) in [6.45, 7) is 0. The number of esters is 2. The summed E-state index contributed by atoms with van der Waals surface area (Å²) < 4.78 is 55.9. The van der Waals surface area contributed by atoms with Crippen molar-refractivity contribution in [2.45, 2.75) is 6.18 Å². The molecule has 0 aliphatic rings. The summed E-state index contributed by atoms with van der Waals surface area (Å²) in [5, 5.41) is 4.29. The van der Waals surface area contributed by atoms with Crippen LogP contribution in [-0.2, 0) is 15.7 Å². The number of para-hydroxylation sites is 1. The first-order valence-electron chi connectivity index (χ1n) is 8.83. The van der Waals surface area contributed by atoms with Gasteiger partial charge in [0.25, 0.3) is 0 Å². The lowest BCUT2D eigenvalue weighted by atomic mass is 10.0. The number of ether oxygens (including phenoxy) is 3. The van der Waals surface area contributed by atoms with Crippen LogP contribution >= 0.6 is 0 Å². The Balaban J connectivity index is 2.42. The van der Waals surface area contributed by atoms with Gasteiger partial charge in [-0.15, -0.1) is 0 Å². The molecule has 162 valence electrons. The summed E-state index contributed by atoms with van der Waals surface area (Å²) >= 11 is 0. The summed E-state index contributed by atoms with van der Waals surface area (Å²) in [4.78, 5) is 25.2. The number of methoxy groups -OCH3 is 3. The van der Waals surface area contributed by atoms with Crippen LogP contribution in [0.25, 0.3) is 16.9 Å². The molecule has 10 heteroatoms. The molecule has 3 rings (SSSR count). The molecule has 3 aromatic rings. The number of rotatable bonds is 5. The Morgan fingerprint density at radius 1 is 0.935 bits per heavy atom. The third kappa shape index (κ3) is 4.09. The fraction of sp³-hybridized carbons (Fsp3) is 0.190. The summed E-state index contributed by atoms with van der Waals surface area (Å²) in [5.74, 6) is -1.88. The maximum absolute atomic E-state index is 13.3. The van der Waals surface area contributed by atoms with Crippen molar-refractivity contribution in [1.29, 1.82) is 0 Å². The Morgan fingerprint density at radius 2 is 1.58 bits per heavy atom. The second-order valence-corrected chi connectivity index (χ2v) is 6.22. The predicted octanol–water partition coefficient (Wildman–Crippen LogP) is 4.14. The zero-order valence-electron chi connectivity index (χ0n) is 16.7. The lowest BCUT2D eigenvalue weighted by molar-refractivity contribution is -0.137.